The van der Waals surface area contributed by atoms with Crippen LogP contribution in [-0.2, 0) is 0 Å². The van der Waals surface area contributed by atoms with E-state index in [2.05, 4.69) is 54.5 Å². The van der Waals surface area contributed by atoms with Crippen molar-refractivity contribution >= 4 is 5.69 Å². The van der Waals surface area contributed by atoms with Gasteiger partial charge in [0.1, 0.15) is 0 Å². The Labute approximate surface area is 98.7 Å². The molecule has 1 aliphatic rings. The fourth-order valence-corrected chi connectivity index (χ4v) is 2.58. The third kappa shape index (κ3) is 2.99. The zero-order valence-corrected chi connectivity index (χ0v) is 10.3. The summed E-state index contributed by atoms with van der Waals surface area (Å²) in [6.45, 7) is 4.64. The van der Waals surface area contributed by atoms with Crippen LogP contribution in [0, 0.1) is 5.92 Å². The number of para-hydroxylation sites is 1. The Morgan fingerprint density at radius 3 is 2.75 bits per heavy atom. The third-order valence-corrected chi connectivity index (χ3v) is 3.46. The first-order valence-electron chi connectivity index (χ1n) is 6.25. The molecule has 1 aromatic rings. The average Bonchev–Trinajstić information content (AvgIpc) is 2.30. The fourth-order valence-electron chi connectivity index (χ4n) is 2.58. The lowest BCUT2D eigenvalue weighted by atomic mass is 9.93. The predicted molar refractivity (Wildman–Crippen MR) is 69.9 cm³/mol. The van der Waals surface area contributed by atoms with Gasteiger partial charge in [0.05, 0.1) is 0 Å². The van der Waals surface area contributed by atoms with Crippen molar-refractivity contribution in [2.45, 2.75) is 25.8 Å². The molecule has 0 radical (unpaired) electrons. The summed E-state index contributed by atoms with van der Waals surface area (Å²) in [6.07, 6.45) is 2.61. The van der Waals surface area contributed by atoms with Crippen molar-refractivity contribution < 1.29 is 0 Å². The lowest BCUT2D eigenvalue weighted by Gasteiger charge is -2.32. The van der Waals surface area contributed by atoms with Crippen LogP contribution in [0.25, 0.3) is 0 Å². The molecule has 1 heterocycles. The first-order chi connectivity index (χ1) is 7.75. The molecular formula is C14H22N2. The molecule has 1 N–H and O–H groups in total. The Kier molecular flexibility index (Phi) is 3.83. The van der Waals surface area contributed by atoms with Gasteiger partial charge in [-0.05, 0) is 44.4 Å². The summed E-state index contributed by atoms with van der Waals surface area (Å²) in [4.78, 5) is 2.38. The molecule has 0 aliphatic carbocycles. The van der Waals surface area contributed by atoms with Crippen molar-refractivity contribution in [2.75, 3.05) is 25.0 Å². The third-order valence-electron chi connectivity index (χ3n) is 3.46. The fraction of sp³-hybridized carbons (Fsp3) is 0.571. The van der Waals surface area contributed by atoms with Crippen molar-refractivity contribution in [2.24, 2.45) is 5.92 Å². The van der Waals surface area contributed by atoms with Gasteiger partial charge in [-0.1, -0.05) is 18.2 Å². The van der Waals surface area contributed by atoms with Gasteiger partial charge in [-0.3, -0.25) is 0 Å². The summed E-state index contributed by atoms with van der Waals surface area (Å²) < 4.78 is 0. The monoisotopic (exact) mass is 218 g/mol. The van der Waals surface area contributed by atoms with Crippen molar-refractivity contribution in [1.29, 1.82) is 0 Å². The molecular weight excluding hydrogens is 196 g/mol. The molecule has 2 atom stereocenters. The molecule has 2 heteroatoms. The van der Waals surface area contributed by atoms with Crippen LogP contribution < -0.4 is 10.2 Å². The lowest BCUT2D eigenvalue weighted by Crippen LogP contribution is -2.39. The van der Waals surface area contributed by atoms with Gasteiger partial charge in [0.2, 0.25) is 0 Å². The minimum atomic E-state index is 0.683. The number of benzene rings is 1. The Morgan fingerprint density at radius 2 is 2.06 bits per heavy atom. The van der Waals surface area contributed by atoms with Crippen LogP contribution in [0.15, 0.2) is 30.3 Å². The number of piperidine rings is 1. The molecule has 88 valence electrons. The quantitative estimate of drug-likeness (QED) is 0.838. The maximum Gasteiger partial charge on any atom is 0.0363 e. The Morgan fingerprint density at radius 1 is 1.31 bits per heavy atom. The topological polar surface area (TPSA) is 15.3 Å². The van der Waals surface area contributed by atoms with Gasteiger partial charge in [-0.25, -0.2) is 0 Å². The maximum absolute atomic E-state index is 3.51. The summed E-state index contributed by atoms with van der Waals surface area (Å²) in [5.74, 6) is 0.835. The van der Waals surface area contributed by atoms with Crippen molar-refractivity contribution in [3.05, 3.63) is 30.3 Å². The number of rotatable bonds is 3. The molecule has 0 spiro atoms. The molecule has 2 unspecified atom stereocenters. The number of anilines is 1. The molecule has 1 fully saturated rings. The molecule has 2 rings (SSSR count). The van der Waals surface area contributed by atoms with Gasteiger partial charge in [0.15, 0.2) is 0 Å². The van der Waals surface area contributed by atoms with E-state index in [-0.39, 0.29) is 0 Å². The summed E-state index contributed by atoms with van der Waals surface area (Å²) in [5, 5.41) is 3.51. The van der Waals surface area contributed by atoms with Crippen molar-refractivity contribution in [3.8, 4) is 0 Å². The molecule has 16 heavy (non-hydrogen) atoms. The maximum atomic E-state index is 3.51. The normalized spacial score (nSPS) is 25.4. The second-order valence-corrected chi connectivity index (χ2v) is 4.96. The van der Waals surface area contributed by atoms with Gasteiger partial charge in [0, 0.05) is 25.3 Å². The molecule has 2 nitrogen and oxygen atoms in total. The Balaban J connectivity index is 1.89. The van der Waals surface area contributed by atoms with Gasteiger partial charge in [-0.15, -0.1) is 0 Å². The van der Waals surface area contributed by atoms with Crippen molar-refractivity contribution in [1.82, 2.24) is 5.32 Å². The van der Waals surface area contributed by atoms with E-state index >= 15 is 0 Å². The highest BCUT2D eigenvalue weighted by Gasteiger charge is 2.19. The Bertz CT molecular complexity index is 310. The second-order valence-electron chi connectivity index (χ2n) is 4.96. The van der Waals surface area contributed by atoms with E-state index in [4.69, 9.17) is 0 Å². The summed E-state index contributed by atoms with van der Waals surface area (Å²) in [7, 11) is 2.20. The number of hydrogen-bond acceptors (Lipinski definition) is 2. The van der Waals surface area contributed by atoms with Crippen molar-refractivity contribution in [3.63, 3.8) is 0 Å². The van der Waals surface area contributed by atoms with Gasteiger partial charge in [0.25, 0.3) is 0 Å². The number of nitrogens with one attached hydrogen (secondary N) is 1. The molecule has 0 amide bonds. The Hall–Kier alpha value is -1.02. The highest BCUT2D eigenvalue weighted by molar-refractivity contribution is 5.44. The van der Waals surface area contributed by atoms with E-state index in [0.29, 0.717) is 6.04 Å². The van der Waals surface area contributed by atoms with E-state index in [0.717, 1.165) is 5.92 Å². The minimum Gasteiger partial charge on any atom is -0.374 e. The highest BCUT2D eigenvalue weighted by Crippen LogP contribution is 2.20. The predicted octanol–water partition coefficient (Wildman–Crippen LogP) is 2.51. The van der Waals surface area contributed by atoms with Crippen LogP contribution in [-0.4, -0.2) is 26.2 Å². The smallest absolute Gasteiger partial charge is 0.0363 e. The van der Waals surface area contributed by atoms with Crippen LogP contribution in [0.1, 0.15) is 19.8 Å². The highest BCUT2D eigenvalue weighted by atomic mass is 15.1. The number of nitrogens with zero attached hydrogens (tertiary/aromatic N) is 1. The van der Waals surface area contributed by atoms with E-state index in [9.17, 15) is 0 Å². The molecule has 1 saturated heterocycles. The summed E-state index contributed by atoms with van der Waals surface area (Å²) in [6, 6.07) is 11.3. The molecule has 0 bridgehead atoms. The summed E-state index contributed by atoms with van der Waals surface area (Å²) in [5.41, 5.74) is 1.33. The minimum absolute atomic E-state index is 0.683. The largest absolute Gasteiger partial charge is 0.374 e. The van der Waals surface area contributed by atoms with E-state index in [1.807, 2.05) is 0 Å². The first kappa shape index (κ1) is 11.5. The molecule has 1 aromatic carbocycles. The first-order valence-corrected chi connectivity index (χ1v) is 6.25. The molecule has 0 saturated carbocycles. The van der Waals surface area contributed by atoms with E-state index in [1.54, 1.807) is 0 Å². The van der Waals surface area contributed by atoms with Crippen LogP contribution in [0.2, 0.25) is 0 Å². The zero-order chi connectivity index (χ0) is 11.4. The van der Waals surface area contributed by atoms with E-state index < -0.39 is 0 Å². The van der Waals surface area contributed by atoms with Gasteiger partial charge in [-0.2, -0.15) is 0 Å². The van der Waals surface area contributed by atoms with Gasteiger partial charge >= 0.3 is 0 Å². The van der Waals surface area contributed by atoms with Gasteiger partial charge < -0.3 is 10.2 Å². The molecule has 0 aromatic heterocycles. The van der Waals surface area contributed by atoms with Crippen LogP contribution >= 0.6 is 0 Å². The van der Waals surface area contributed by atoms with Crippen LogP contribution in [0.4, 0.5) is 5.69 Å². The SMILES string of the molecule is CC1CC(CN(C)c2ccccc2)CCN1. The van der Waals surface area contributed by atoms with E-state index in [1.165, 1.54) is 31.6 Å². The average molecular weight is 218 g/mol. The zero-order valence-electron chi connectivity index (χ0n) is 10.3. The standard InChI is InChI=1S/C14H22N2/c1-12-10-13(8-9-15-12)11-16(2)14-6-4-3-5-7-14/h3-7,12-13,15H,8-11H2,1-2H3. The van der Waals surface area contributed by atoms with Crippen LogP contribution in [0.5, 0.6) is 0 Å². The second kappa shape index (κ2) is 5.35. The summed E-state index contributed by atoms with van der Waals surface area (Å²) >= 11 is 0. The number of hydrogen-bond donors (Lipinski definition) is 1. The lowest BCUT2D eigenvalue weighted by molar-refractivity contribution is 0.319. The molecule has 1 aliphatic heterocycles. The van der Waals surface area contributed by atoms with Crippen LogP contribution in [0.3, 0.4) is 0 Å².